The van der Waals surface area contributed by atoms with Crippen molar-refractivity contribution in [2.24, 2.45) is 0 Å². The minimum atomic E-state index is -0.552. The van der Waals surface area contributed by atoms with E-state index in [0.29, 0.717) is 16.3 Å². The predicted molar refractivity (Wildman–Crippen MR) is 113 cm³/mol. The van der Waals surface area contributed by atoms with E-state index in [1.165, 1.54) is 12.1 Å². The second-order valence-corrected chi connectivity index (χ2v) is 8.18. The van der Waals surface area contributed by atoms with Crippen molar-refractivity contribution >= 4 is 52.3 Å². The van der Waals surface area contributed by atoms with E-state index in [2.05, 4.69) is 10.3 Å². The maximum absolute atomic E-state index is 13.3. The number of nitrogens with one attached hydrogen (secondary N) is 1. The zero-order valence-corrected chi connectivity index (χ0v) is 17.8. The Hall–Kier alpha value is -1.82. The SMILES string of the molecule is C[C@@H]1CCC[C@H](C)N1C(=O)c1cc(Cl)ccc1NC(=O)c1nc(Cl)ccc1Cl. The third-order valence-electron chi connectivity index (χ3n) is 4.92. The molecule has 3 rings (SSSR count). The van der Waals surface area contributed by atoms with E-state index in [1.807, 2.05) is 18.7 Å². The number of pyridine rings is 1. The van der Waals surface area contributed by atoms with Crippen molar-refractivity contribution in [1.82, 2.24) is 9.88 Å². The second kappa shape index (κ2) is 8.68. The highest BCUT2D eigenvalue weighted by Gasteiger charge is 2.31. The minimum Gasteiger partial charge on any atom is -0.333 e. The molecule has 2 atom stereocenters. The van der Waals surface area contributed by atoms with Crippen LogP contribution in [-0.2, 0) is 0 Å². The lowest BCUT2D eigenvalue weighted by molar-refractivity contribution is 0.0512. The summed E-state index contributed by atoms with van der Waals surface area (Å²) in [5.41, 5.74) is 0.670. The Kier molecular flexibility index (Phi) is 6.48. The minimum absolute atomic E-state index is 0.0118. The highest BCUT2D eigenvalue weighted by molar-refractivity contribution is 6.35. The molecule has 1 aromatic carbocycles. The maximum atomic E-state index is 13.3. The number of carbonyl (C=O) groups is 2. The summed E-state index contributed by atoms with van der Waals surface area (Å²) in [4.78, 5) is 31.8. The molecule has 148 valence electrons. The smallest absolute Gasteiger partial charge is 0.275 e. The monoisotopic (exact) mass is 439 g/mol. The van der Waals surface area contributed by atoms with Gasteiger partial charge in [0.1, 0.15) is 10.8 Å². The van der Waals surface area contributed by atoms with Gasteiger partial charge in [-0.2, -0.15) is 0 Å². The van der Waals surface area contributed by atoms with Crippen molar-refractivity contribution in [1.29, 1.82) is 0 Å². The van der Waals surface area contributed by atoms with Crippen LogP contribution in [0.2, 0.25) is 15.2 Å². The third kappa shape index (κ3) is 4.43. The lowest BCUT2D eigenvalue weighted by atomic mass is 9.96. The van der Waals surface area contributed by atoms with Crippen LogP contribution in [0.1, 0.15) is 54.0 Å². The van der Waals surface area contributed by atoms with Gasteiger partial charge in [-0.05, 0) is 63.4 Å². The topological polar surface area (TPSA) is 62.3 Å². The fourth-order valence-corrected chi connectivity index (χ4v) is 4.03. The maximum Gasteiger partial charge on any atom is 0.275 e. The molecule has 1 fully saturated rings. The highest BCUT2D eigenvalue weighted by Crippen LogP contribution is 2.29. The Morgan fingerprint density at radius 1 is 1.07 bits per heavy atom. The van der Waals surface area contributed by atoms with Gasteiger partial charge in [0, 0.05) is 17.1 Å². The average Bonchev–Trinajstić information content (AvgIpc) is 2.64. The van der Waals surface area contributed by atoms with Crippen LogP contribution in [0.15, 0.2) is 30.3 Å². The van der Waals surface area contributed by atoms with Gasteiger partial charge in [0.25, 0.3) is 11.8 Å². The molecule has 2 heterocycles. The number of halogens is 3. The highest BCUT2D eigenvalue weighted by atomic mass is 35.5. The van der Waals surface area contributed by atoms with Crippen LogP contribution in [0, 0.1) is 0 Å². The van der Waals surface area contributed by atoms with Crippen molar-refractivity contribution in [3.05, 3.63) is 56.8 Å². The number of nitrogens with zero attached hydrogens (tertiary/aromatic N) is 2. The number of amides is 2. The van der Waals surface area contributed by atoms with Crippen LogP contribution in [0.3, 0.4) is 0 Å². The molecular formula is C20H20Cl3N3O2. The molecule has 5 nitrogen and oxygen atoms in total. The molecule has 0 radical (unpaired) electrons. The molecule has 1 saturated heterocycles. The molecule has 2 aromatic rings. The molecule has 0 unspecified atom stereocenters. The summed E-state index contributed by atoms with van der Waals surface area (Å²) in [6.45, 7) is 4.07. The molecule has 0 bridgehead atoms. The zero-order valence-electron chi connectivity index (χ0n) is 15.5. The number of carbonyl (C=O) groups excluding carboxylic acids is 2. The number of benzene rings is 1. The molecule has 1 aliphatic heterocycles. The van der Waals surface area contributed by atoms with Gasteiger partial charge < -0.3 is 10.2 Å². The summed E-state index contributed by atoms with van der Waals surface area (Å²) in [5, 5.41) is 3.45. The Balaban J connectivity index is 1.93. The fourth-order valence-electron chi connectivity index (χ4n) is 3.52. The van der Waals surface area contributed by atoms with E-state index < -0.39 is 5.91 Å². The summed E-state index contributed by atoms with van der Waals surface area (Å²) in [6, 6.07) is 8.01. The Bertz CT molecular complexity index is 910. The van der Waals surface area contributed by atoms with Crippen LogP contribution in [-0.4, -0.2) is 33.8 Å². The lowest BCUT2D eigenvalue weighted by Crippen LogP contribution is -2.47. The van der Waals surface area contributed by atoms with E-state index in [1.54, 1.807) is 18.2 Å². The van der Waals surface area contributed by atoms with Crippen molar-refractivity contribution in [3.63, 3.8) is 0 Å². The van der Waals surface area contributed by atoms with Gasteiger partial charge in [0.2, 0.25) is 0 Å². The van der Waals surface area contributed by atoms with Crippen molar-refractivity contribution < 1.29 is 9.59 Å². The normalized spacial score (nSPS) is 19.4. The van der Waals surface area contributed by atoms with E-state index in [4.69, 9.17) is 34.8 Å². The molecule has 1 aromatic heterocycles. The number of likely N-dealkylation sites (tertiary alicyclic amines) is 1. The quantitative estimate of drug-likeness (QED) is 0.623. The van der Waals surface area contributed by atoms with Gasteiger partial charge in [-0.1, -0.05) is 34.8 Å². The lowest BCUT2D eigenvalue weighted by Gasteiger charge is -2.39. The summed E-state index contributed by atoms with van der Waals surface area (Å²) < 4.78 is 0. The summed E-state index contributed by atoms with van der Waals surface area (Å²) in [5.74, 6) is -0.716. The number of rotatable bonds is 3. The first kappa shape index (κ1) is 20.9. The molecule has 8 heteroatoms. The Labute approximate surface area is 179 Å². The van der Waals surface area contributed by atoms with Crippen LogP contribution in [0.25, 0.3) is 0 Å². The number of hydrogen-bond donors (Lipinski definition) is 1. The second-order valence-electron chi connectivity index (χ2n) is 6.95. The van der Waals surface area contributed by atoms with Gasteiger partial charge in [0.05, 0.1) is 16.3 Å². The molecule has 0 spiro atoms. The van der Waals surface area contributed by atoms with Crippen molar-refractivity contribution in [3.8, 4) is 0 Å². The number of anilines is 1. The largest absolute Gasteiger partial charge is 0.333 e. The van der Waals surface area contributed by atoms with Crippen molar-refractivity contribution in [2.75, 3.05) is 5.32 Å². The number of aromatic nitrogens is 1. The van der Waals surface area contributed by atoms with E-state index in [0.717, 1.165) is 19.3 Å². The van der Waals surface area contributed by atoms with Gasteiger partial charge >= 0.3 is 0 Å². The van der Waals surface area contributed by atoms with E-state index >= 15 is 0 Å². The first-order valence-electron chi connectivity index (χ1n) is 9.03. The molecule has 28 heavy (non-hydrogen) atoms. The standard InChI is InChI=1S/C20H20Cl3N3O2/c1-11-4-3-5-12(2)26(11)20(28)14-10-13(21)6-8-16(14)24-19(27)18-15(22)7-9-17(23)25-18/h6-12H,3-5H2,1-2H3,(H,24,27)/t11-,12+. The first-order chi connectivity index (χ1) is 13.3. The number of piperidine rings is 1. The van der Waals surface area contributed by atoms with E-state index in [-0.39, 0.29) is 33.9 Å². The molecule has 2 amide bonds. The third-order valence-corrected chi connectivity index (χ3v) is 5.67. The first-order valence-corrected chi connectivity index (χ1v) is 10.2. The Morgan fingerprint density at radius 3 is 2.43 bits per heavy atom. The van der Waals surface area contributed by atoms with Gasteiger partial charge in [-0.15, -0.1) is 0 Å². The van der Waals surface area contributed by atoms with Crippen LogP contribution in [0.4, 0.5) is 5.69 Å². The zero-order chi connectivity index (χ0) is 20.4. The average molecular weight is 441 g/mol. The summed E-state index contributed by atoms with van der Waals surface area (Å²) >= 11 is 18.1. The van der Waals surface area contributed by atoms with Gasteiger partial charge in [0.15, 0.2) is 0 Å². The van der Waals surface area contributed by atoms with Crippen LogP contribution < -0.4 is 5.32 Å². The summed E-state index contributed by atoms with van der Waals surface area (Å²) in [7, 11) is 0. The predicted octanol–water partition coefficient (Wildman–Crippen LogP) is 5.70. The summed E-state index contributed by atoms with van der Waals surface area (Å²) in [6.07, 6.45) is 2.98. The molecule has 1 aliphatic rings. The van der Waals surface area contributed by atoms with Crippen molar-refractivity contribution in [2.45, 2.75) is 45.2 Å². The number of hydrogen-bond acceptors (Lipinski definition) is 3. The molecule has 1 N–H and O–H groups in total. The molecular weight excluding hydrogens is 421 g/mol. The van der Waals surface area contributed by atoms with Crippen LogP contribution >= 0.6 is 34.8 Å². The molecule has 0 aliphatic carbocycles. The Morgan fingerprint density at radius 2 is 1.75 bits per heavy atom. The van der Waals surface area contributed by atoms with Gasteiger partial charge in [-0.25, -0.2) is 4.98 Å². The van der Waals surface area contributed by atoms with E-state index in [9.17, 15) is 9.59 Å². The fraction of sp³-hybridized carbons (Fsp3) is 0.350. The molecule has 0 saturated carbocycles. The van der Waals surface area contributed by atoms with Crippen LogP contribution in [0.5, 0.6) is 0 Å². The van der Waals surface area contributed by atoms with Gasteiger partial charge in [-0.3, -0.25) is 9.59 Å².